The van der Waals surface area contributed by atoms with Gasteiger partial charge in [0.25, 0.3) is 6.43 Å². The minimum Gasteiger partial charge on any atom is -0.298 e. The smallest absolute Gasteiger partial charge is 0.266 e. The van der Waals surface area contributed by atoms with Crippen LogP contribution in [0.25, 0.3) is 0 Å². The predicted octanol–water partition coefficient (Wildman–Crippen LogP) is 3.09. The van der Waals surface area contributed by atoms with Crippen molar-refractivity contribution in [2.24, 2.45) is 0 Å². The van der Waals surface area contributed by atoms with Crippen LogP contribution < -0.4 is 0 Å². The molecule has 0 atom stereocenters. The minimum atomic E-state index is -2.64. The fourth-order valence-electron chi connectivity index (χ4n) is 0.738. The first-order valence-electron chi connectivity index (χ1n) is 3.15. The Hall–Kier alpha value is -0.300. The molecule has 0 radical (unpaired) electrons. The van der Waals surface area contributed by atoms with Gasteiger partial charge in [-0.1, -0.05) is 11.6 Å². The molecule has 0 aliphatic carbocycles. The molecule has 1 heterocycles. The van der Waals surface area contributed by atoms with Gasteiger partial charge in [0.05, 0.1) is 11.1 Å². The number of hydrogen-bond donors (Lipinski definition) is 0. The molecule has 0 aliphatic rings. The molecular formula is C7H3ClF2INO. The molecule has 0 saturated heterocycles. The van der Waals surface area contributed by atoms with Gasteiger partial charge in [-0.05, 0) is 28.7 Å². The van der Waals surface area contributed by atoms with Crippen molar-refractivity contribution in [2.45, 2.75) is 6.43 Å². The summed E-state index contributed by atoms with van der Waals surface area (Å²) in [5.74, 6) is 0. The average molecular weight is 317 g/mol. The first-order valence-corrected chi connectivity index (χ1v) is 4.61. The van der Waals surface area contributed by atoms with Crippen LogP contribution >= 0.6 is 34.2 Å². The molecule has 2 nitrogen and oxygen atoms in total. The Morgan fingerprint density at radius 3 is 2.69 bits per heavy atom. The molecule has 0 N–H and O–H groups in total. The monoisotopic (exact) mass is 317 g/mol. The summed E-state index contributed by atoms with van der Waals surface area (Å²) in [6, 6.07) is 1.05. The largest absolute Gasteiger partial charge is 0.298 e. The van der Waals surface area contributed by atoms with Crippen molar-refractivity contribution in [1.29, 1.82) is 0 Å². The Morgan fingerprint density at radius 1 is 1.62 bits per heavy atom. The third-order valence-corrected chi connectivity index (χ3v) is 2.51. The van der Waals surface area contributed by atoms with Crippen LogP contribution in [0.4, 0.5) is 8.78 Å². The lowest BCUT2D eigenvalue weighted by atomic mass is 10.2. The summed E-state index contributed by atoms with van der Waals surface area (Å²) >= 11 is 7.16. The third-order valence-electron chi connectivity index (χ3n) is 1.35. The summed E-state index contributed by atoms with van der Waals surface area (Å²) < 4.78 is 24.7. The van der Waals surface area contributed by atoms with Crippen LogP contribution in [0.1, 0.15) is 22.3 Å². The fraction of sp³-hybridized carbons (Fsp3) is 0.143. The molecule has 1 aromatic heterocycles. The van der Waals surface area contributed by atoms with Gasteiger partial charge in [-0.2, -0.15) is 0 Å². The number of rotatable bonds is 2. The maximum absolute atomic E-state index is 12.3. The van der Waals surface area contributed by atoms with Crippen molar-refractivity contribution < 1.29 is 13.6 Å². The number of aldehydes is 1. The number of halogens is 4. The van der Waals surface area contributed by atoms with Crippen LogP contribution in [0, 0.1) is 3.70 Å². The van der Waals surface area contributed by atoms with E-state index in [-0.39, 0.29) is 20.0 Å². The summed E-state index contributed by atoms with van der Waals surface area (Å²) in [4.78, 5) is 13.9. The first kappa shape index (κ1) is 10.8. The van der Waals surface area contributed by atoms with E-state index >= 15 is 0 Å². The van der Waals surface area contributed by atoms with Crippen molar-refractivity contribution >= 4 is 40.5 Å². The first-order chi connectivity index (χ1) is 6.06. The molecule has 1 rings (SSSR count). The van der Waals surface area contributed by atoms with Gasteiger partial charge in [-0.15, -0.1) is 0 Å². The zero-order valence-electron chi connectivity index (χ0n) is 6.10. The molecular weight excluding hydrogens is 314 g/mol. The Balaban J connectivity index is 3.30. The number of carbonyl (C=O) groups excluding carboxylic acids is 1. The van der Waals surface area contributed by atoms with Gasteiger partial charge in [0.1, 0.15) is 8.85 Å². The normalized spacial score (nSPS) is 10.5. The molecule has 0 unspecified atom stereocenters. The van der Waals surface area contributed by atoms with Gasteiger partial charge in [0.15, 0.2) is 6.29 Å². The second-order valence-electron chi connectivity index (χ2n) is 2.17. The van der Waals surface area contributed by atoms with Crippen molar-refractivity contribution in [3.63, 3.8) is 0 Å². The van der Waals surface area contributed by atoms with Crippen molar-refractivity contribution in [1.82, 2.24) is 4.98 Å². The van der Waals surface area contributed by atoms with E-state index in [2.05, 4.69) is 4.98 Å². The van der Waals surface area contributed by atoms with Crippen molar-refractivity contribution in [3.8, 4) is 0 Å². The highest BCUT2D eigenvalue weighted by Gasteiger charge is 2.15. The standard InChI is InChI=1S/C7H3ClF2INO/c8-5-3(2-13)1-4(6(9)10)7(11)12-5/h1-2,6H. The van der Waals surface area contributed by atoms with Crippen molar-refractivity contribution in [2.75, 3.05) is 0 Å². The van der Waals surface area contributed by atoms with Crippen molar-refractivity contribution in [3.05, 3.63) is 26.0 Å². The summed E-state index contributed by atoms with van der Waals surface area (Å²) in [6.45, 7) is 0. The van der Waals surface area contributed by atoms with Gasteiger partial charge in [0, 0.05) is 0 Å². The molecule has 0 spiro atoms. The van der Waals surface area contributed by atoms with E-state index in [1.54, 1.807) is 22.6 Å². The van der Waals surface area contributed by atoms with E-state index in [0.717, 1.165) is 6.07 Å². The number of aromatic nitrogens is 1. The van der Waals surface area contributed by atoms with E-state index in [4.69, 9.17) is 11.6 Å². The van der Waals surface area contributed by atoms with E-state index in [0.29, 0.717) is 6.29 Å². The predicted molar refractivity (Wildman–Crippen MR) is 52.3 cm³/mol. The second-order valence-corrected chi connectivity index (χ2v) is 3.55. The van der Waals surface area contributed by atoms with Crippen LogP contribution in [0.2, 0.25) is 5.15 Å². The average Bonchev–Trinajstić information content (AvgIpc) is 2.03. The highest BCUT2D eigenvalue weighted by atomic mass is 127. The van der Waals surface area contributed by atoms with Crippen LogP contribution in [-0.2, 0) is 0 Å². The molecule has 70 valence electrons. The van der Waals surface area contributed by atoms with Crippen LogP contribution in [0.3, 0.4) is 0 Å². The summed E-state index contributed by atoms with van der Waals surface area (Å²) in [5.41, 5.74) is -0.288. The summed E-state index contributed by atoms with van der Waals surface area (Å²) in [5, 5.41) is -0.0520. The lowest BCUT2D eigenvalue weighted by Crippen LogP contribution is -1.97. The van der Waals surface area contributed by atoms with Gasteiger partial charge in [-0.3, -0.25) is 4.79 Å². The number of pyridine rings is 1. The lowest BCUT2D eigenvalue weighted by Gasteiger charge is -2.04. The Labute approximate surface area is 91.4 Å². The van der Waals surface area contributed by atoms with E-state index in [1.807, 2.05) is 0 Å². The molecule has 1 aromatic rings. The minimum absolute atomic E-state index is 0.0163. The summed E-state index contributed by atoms with van der Waals surface area (Å²) in [6.07, 6.45) is -2.24. The molecule has 6 heteroatoms. The number of carbonyl (C=O) groups is 1. The SMILES string of the molecule is O=Cc1cc(C(F)F)c(I)nc1Cl. The van der Waals surface area contributed by atoms with Crippen LogP contribution in [0.15, 0.2) is 6.07 Å². The number of alkyl halides is 2. The van der Waals surface area contributed by atoms with Crippen LogP contribution in [-0.4, -0.2) is 11.3 Å². The van der Waals surface area contributed by atoms with E-state index < -0.39 is 6.43 Å². The Morgan fingerprint density at radius 2 is 2.23 bits per heavy atom. The highest BCUT2D eigenvalue weighted by Crippen LogP contribution is 2.26. The molecule has 0 aliphatic heterocycles. The van der Waals surface area contributed by atoms with Gasteiger partial charge < -0.3 is 0 Å². The maximum Gasteiger partial charge on any atom is 0.266 e. The molecule has 0 saturated carbocycles. The van der Waals surface area contributed by atoms with E-state index in [9.17, 15) is 13.6 Å². The second kappa shape index (κ2) is 4.28. The van der Waals surface area contributed by atoms with Crippen LogP contribution in [0.5, 0.6) is 0 Å². The third kappa shape index (κ3) is 2.34. The van der Waals surface area contributed by atoms with E-state index in [1.165, 1.54) is 0 Å². The molecule has 0 aromatic carbocycles. The Bertz CT molecular complexity index is 346. The number of nitrogens with zero attached hydrogens (tertiary/aromatic N) is 1. The van der Waals surface area contributed by atoms with Gasteiger partial charge in [-0.25, -0.2) is 13.8 Å². The zero-order valence-corrected chi connectivity index (χ0v) is 9.01. The zero-order chi connectivity index (χ0) is 10.0. The molecule has 0 fully saturated rings. The van der Waals surface area contributed by atoms with Gasteiger partial charge >= 0.3 is 0 Å². The summed E-state index contributed by atoms with van der Waals surface area (Å²) in [7, 11) is 0. The van der Waals surface area contributed by atoms with Gasteiger partial charge in [0.2, 0.25) is 0 Å². The molecule has 0 amide bonds. The quantitative estimate of drug-likeness (QED) is 0.477. The lowest BCUT2D eigenvalue weighted by molar-refractivity contribution is 0.112. The highest BCUT2D eigenvalue weighted by molar-refractivity contribution is 14.1. The molecule has 0 bridgehead atoms. The molecule has 13 heavy (non-hydrogen) atoms. The fourth-order valence-corrected chi connectivity index (χ4v) is 1.70. The maximum atomic E-state index is 12.3. The topological polar surface area (TPSA) is 30.0 Å². The Kier molecular flexibility index (Phi) is 3.55. The number of hydrogen-bond acceptors (Lipinski definition) is 2.